The highest BCUT2D eigenvalue weighted by Crippen LogP contribution is 2.14. The molecule has 0 aliphatic rings. The molecule has 0 aliphatic heterocycles. The third-order valence-electron chi connectivity index (χ3n) is 8.71. The molecule has 0 aromatic heterocycles. The Bertz CT molecular complexity index is 722. The summed E-state index contributed by atoms with van der Waals surface area (Å²) in [6, 6.07) is -3.02. The summed E-state index contributed by atoms with van der Waals surface area (Å²) in [5.41, 5.74) is 29.3. The van der Waals surface area contributed by atoms with E-state index in [2.05, 4.69) is 18.8 Å². The van der Waals surface area contributed by atoms with Crippen molar-refractivity contribution < 1.29 is 9.59 Å². The summed E-state index contributed by atoms with van der Waals surface area (Å²) in [6.45, 7) is 6.21. The number of unbranched alkanes of at least 4 members (excludes halogenated alkanes) is 20. The molecule has 0 rings (SSSR count). The number of carbonyl (C=O) groups excluding carboxylic acids is 2. The molecule has 0 aromatic rings. The quantitative estimate of drug-likeness (QED) is 0.0312. The molecule has 0 spiro atoms. The van der Waals surface area contributed by atoms with Gasteiger partial charge in [0.05, 0.1) is 12.1 Å². The first-order valence-electron chi connectivity index (χ1n) is 18.4. The van der Waals surface area contributed by atoms with E-state index in [-0.39, 0.29) is 30.1 Å². The highest BCUT2D eigenvalue weighted by Gasteiger charge is 2.32. The molecule has 0 aromatic carbocycles. The van der Waals surface area contributed by atoms with E-state index in [1.165, 1.54) is 116 Å². The third kappa shape index (κ3) is 26.4. The number of halogens is 1. The standard InChI is InChI=1S/C35H73N7O2.ClH/c1-3-5-7-9-11-13-15-16-18-20-22-24-29-42(28-23-21-19-17-14-12-10-8-6-4-2)34(44)32(38)31(37)33(43)30(36)26-25-27-41-35(39)40;/h30-32H,3-29,36-38H2,1-2H3,(H4,39,40,41);1H. The van der Waals surface area contributed by atoms with Crippen LogP contribution in [0.2, 0.25) is 0 Å². The number of aliphatic imine (C=N–C) groups is 1. The van der Waals surface area contributed by atoms with Crippen molar-refractivity contribution in [1.82, 2.24) is 4.90 Å². The lowest BCUT2D eigenvalue weighted by molar-refractivity contribution is -0.136. The minimum atomic E-state index is -1.13. The number of Topliss-reactive ketones (excluding diaryl/α,β-unsaturated/α-hetero) is 1. The third-order valence-corrected chi connectivity index (χ3v) is 8.71. The number of guanidine groups is 1. The van der Waals surface area contributed by atoms with E-state index in [1.807, 2.05) is 4.90 Å². The maximum Gasteiger partial charge on any atom is 0.241 e. The predicted octanol–water partition coefficient (Wildman–Crippen LogP) is 6.46. The molecule has 0 saturated heterocycles. The Morgan fingerprint density at radius 1 is 0.556 bits per heavy atom. The van der Waals surface area contributed by atoms with Crippen LogP contribution in [0.1, 0.15) is 168 Å². The van der Waals surface area contributed by atoms with E-state index in [1.54, 1.807) is 0 Å². The van der Waals surface area contributed by atoms with Crippen molar-refractivity contribution in [3.8, 4) is 0 Å². The van der Waals surface area contributed by atoms with Crippen molar-refractivity contribution in [1.29, 1.82) is 0 Å². The van der Waals surface area contributed by atoms with Gasteiger partial charge in [0.25, 0.3) is 0 Å². The maximum atomic E-state index is 13.5. The van der Waals surface area contributed by atoms with Gasteiger partial charge in [0, 0.05) is 19.6 Å². The molecule has 10 N–H and O–H groups in total. The number of nitrogens with zero attached hydrogens (tertiary/aromatic N) is 2. The van der Waals surface area contributed by atoms with Crippen molar-refractivity contribution in [2.45, 2.75) is 186 Å². The van der Waals surface area contributed by atoms with Crippen LogP contribution in [0.25, 0.3) is 0 Å². The van der Waals surface area contributed by atoms with E-state index in [0.29, 0.717) is 32.5 Å². The van der Waals surface area contributed by atoms with Crippen molar-refractivity contribution in [3.63, 3.8) is 0 Å². The highest BCUT2D eigenvalue weighted by molar-refractivity contribution is 5.95. The average Bonchev–Trinajstić information content (AvgIpc) is 3.01. The van der Waals surface area contributed by atoms with Gasteiger partial charge in [-0.2, -0.15) is 0 Å². The zero-order chi connectivity index (χ0) is 32.8. The topological polar surface area (TPSA) is 180 Å². The predicted molar refractivity (Wildman–Crippen MR) is 196 cm³/mol. The normalized spacial score (nSPS) is 13.1. The fourth-order valence-electron chi connectivity index (χ4n) is 5.72. The number of hydrogen-bond acceptors (Lipinski definition) is 6. The van der Waals surface area contributed by atoms with Gasteiger partial charge in [0.1, 0.15) is 6.04 Å². The molecule has 3 atom stereocenters. The molecular formula is C35H74ClN7O2. The Kier molecular flexibility index (Phi) is 33.0. The van der Waals surface area contributed by atoms with E-state index in [4.69, 9.17) is 28.7 Å². The van der Waals surface area contributed by atoms with Gasteiger partial charge in [-0.3, -0.25) is 14.6 Å². The molecule has 0 fully saturated rings. The molecule has 0 radical (unpaired) electrons. The zero-order valence-corrected chi connectivity index (χ0v) is 30.1. The van der Waals surface area contributed by atoms with Gasteiger partial charge in [0.2, 0.25) is 5.91 Å². The fourth-order valence-corrected chi connectivity index (χ4v) is 5.72. The van der Waals surface area contributed by atoms with Crippen LogP contribution >= 0.6 is 12.4 Å². The van der Waals surface area contributed by atoms with Crippen molar-refractivity contribution in [3.05, 3.63) is 0 Å². The average molecular weight is 660 g/mol. The molecular weight excluding hydrogens is 586 g/mol. The summed E-state index contributed by atoms with van der Waals surface area (Å²) in [6.07, 6.45) is 28.6. The highest BCUT2D eigenvalue weighted by atomic mass is 35.5. The van der Waals surface area contributed by atoms with Gasteiger partial charge in [-0.1, -0.05) is 142 Å². The minimum Gasteiger partial charge on any atom is -0.370 e. The van der Waals surface area contributed by atoms with Crippen LogP contribution in [0.4, 0.5) is 0 Å². The second kappa shape index (κ2) is 32.5. The van der Waals surface area contributed by atoms with Crippen LogP contribution in [0, 0.1) is 0 Å². The van der Waals surface area contributed by atoms with Gasteiger partial charge in [-0.25, -0.2) is 0 Å². The van der Waals surface area contributed by atoms with Crippen LogP contribution in [-0.4, -0.2) is 60.3 Å². The number of rotatable bonds is 32. The summed E-state index contributed by atoms with van der Waals surface area (Å²) in [5.74, 6) is -0.623. The van der Waals surface area contributed by atoms with E-state index in [9.17, 15) is 9.59 Å². The van der Waals surface area contributed by atoms with Crippen LogP contribution in [0.3, 0.4) is 0 Å². The summed E-state index contributed by atoms with van der Waals surface area (Å²) in [7, 11) is 0. The number of nitrogens with two attached hydrogens (primary N) is 5. The molecule has 0 aliphatic carbocycles. The number of hydrogen-bond donors (Lipinski definition) is 5. The first kappa shape index (κ1) is 45.7. The second-order valence-electron chi connectivity index (χ2n) is 12.9. The summed E-state index contributed by atoms with van der Waals surface area (Å²) in [4.78, 5) is 32.1. The summed E-state index contributed by atoms with van der Waals surface area (Å²) < 4.78 is 0. The smallest absolute Gasteiger partial charge is 0.241 e. The Hall–Kier alpha value is -1.42. The van der Waals surface area contributed by atoms with Gasteiger partial charge in [-0.05, 0) is 25.7 Å². The molecule has 1 amide bonds. The van der Waals surface area contributed by atoms with Crippen molar-refractivity contribution in [2.75, 3.05) is 19.6 Å². The Morgan fingerprint density at radius 3 is 1.27 bits per heavy atom. The SMILES string of the molecule is CCCCCCCCCCCCCCN(CCCCCCCCCCCC)C(=O)C(N)C(N)C(=O)C(N)CCCN=C(N)N.Cl. The molecule has 0 saturated carbocycles. The lowest BCUT2D eigenvalue weighted by Crippen LogP contribution is -2.59. The zero-order valence-electron chi connectivity index (χ0n) is 29.3. The number of carbonyl (C=O) groups is 2. The van der Waals surface area contributed by atoms with E-state index >= 15 is 0 Å². The molecule has 45 heavy (non-hydrogen) atoms. The van der Waals surface area contributed by atoms with Gasteiger partial charge < -0.3 is 33.6 Å². The van der Waals surface area contributed by atoms with Crippen molar-refractivity contribution >= 4 is 30.1 Å². The fraction of sp³-hybridized carbons (Fsp3) is 0.914. The maximum absolute atomic E-state index is 13.5. The minimum absolute atomic E-state index is 0. The van der Waals surface area contributed by atoms with E-state index in [0.717, 1.165) is 25.7 Å². The van der Waals surface area contributed by atoms with Crippen molar-refractivity contribution in [2.24, 2.45) is 33.7 Å². The van der Waals surface area contributed by atoms with E-state index < -0.39 is 18.1 Å². The second-order valence-corrected chi connectivity index (χ2v) is 12.9. The molecule has 9 nitrogen and oxygen atoms in total. The Balaban J connectivity index is 0. The molecule has 10 heteroatoms. The van der Waals surface area contributed by atoms with Crippen LogP contribution in [0.15, 0.2) is 4.99 Å². The van der Waals surface area contributed by atoms with Crippen LogP contribution < -0.4 is 28.7 Å². The molecule has 0 heterocycles. The Labute approximate surface area is 283 Å². The number of amides is 1. The first-order chi connectivity index (χ1) is 21.3. The monoisotopic (exact) mass is 660 g/mol. The Morgan fingerprint density at radius 2 is 0.911 bits per heavy atom. The lowest BCUT2D eigenvalue weighted by Gasteiger charge is -2.29. The van der Waals surface area contributed by atoms with Gasteiger partial charge in [-0.15, -0.1) is 12.4 Å². The molecule has 0 bridgehead atoms. The lowest BCUT2D eigenvalue weighted by atomic mass is 9.96. The van der Waals surface area contributed by atoms with Gasteiger partial charge >= 0.3 is 0 Å². The molecule has 3 unspecified atom stereocenters. The van der Waals surface area contributed by atoms with Crippen LogP contribution in [0.5, 0.6) is 0 Å². The molecule has 268 valence electrons. The first-order valence-corrected chi connectivity index (χ1v) is 18.4. The van der Waals surface area contributed by atoms with Gasteiger partial charge in [0.15, 0.2) is 11.7 Å². The largest absolute Gasteiger partial charge is 0.370 e. The summed E-state index contributed by atoms with van der Waals surface area (Å²) in [5, 5.41) is 0. The number of ketones is 1. The van der Waals surface area contributed by atoms with Crippen LogP contribution in [-0.2, 0) is 9.59 Å². The summed E-state index contributed by atoms with van der Waals surface area (Å²) >= 11 is 0.